The molecule has 3 rings (SSSR count). The number of methoxy groups -OCH3 is 1. The molecule has 0 amide bonds. The van der Waals surface area contributed by atoms with E-state index >= 15 is 0 Å². The molecule has 128 valence electrons. The number of ether oxygens (including phenoxy) is 1. The normalized spacial score (nSPS) is 23.1. The average molecular weight is 327 g/mol. The van der Waals surface area contributed by atoms with Gasteiger partial charge in [-0.05, 0) is 48.9 Å². The molecule has 0 bridgehead atoms. The van der Waals surface area contributed by atoms with E-state index in [0.29, 0.717) is 12.8 Å². The molecule has 2 aliphatic rings. The van der Waals surface area contributed by atoms with Crippen molar-refractivity contribution in [2.45, 2.75) is 39.5 Å². The Labute approximate surface area is 143 Å². The minimum atomic E-state index is -0.425. The summed E-state index contributed by atoms with van der Waals surface area (Å²) in [5, 5.41) is 0. The Kier molecular flexibility index (Phi) is 4.48. The molecule has 4 nitrogen and oxygen atoms in total. The van der Waals surface area contributed by atoms with E-state index in [-0.39, 0.29) is 17.0 Å². The van der Waals surface area contributed by atoms with Crippen LogP contribution in [0.3, 0.4) is 0 Å². The van der Waals surface area contributed by atoms with Gasteiger partial charge in [0.25, 0.3) is 0 Å². The number of hydrogen-bond donors (Lipinski definition) is 0. The molecule has 1 aliphatic heterocycles. The Bertz CT molecular complexity index is 673. The SMILES string of the molecule is COc1ccc(N2C=C(C(=O)C3CCCC3=O)C(C)(C)CC2)cc1. The Morgan fingerprint density at radius 2 is 1.96 bits per heavy atom. The summed E-state index contributed by atoms with van der Waals surface area (Å²) < 4.78 is 5.20. The maximum atomic E-state index is 13.0. The van der Waals surface area contributed by atoms with E-state index < -0.39 is 5.92 Å². The lowest BCUT2D eigenvalue weighted by Crippen LogP contribution is -2.37. The van der Waals surface area contributed by atoms with Crippen molar-refractivity contribution in [3.63, 3.8) is 0 Å². The first-order valence-electron chi connectivity index (χ1n) is 8.62. The summed E-state index contributed by atoms with van der Waals surface area (Å²) in [6.45, 7) is 5.05. The second-order valence-electron chi connectivity index (χ2n) is 7.34. The second-order valence-corrected chi connectivity index (χ2v) is 7.34. The number of benzene rings is 1. The Balaban J connectivity index is 1.90. The molecule has 1 aliphatic carbocycles. The highest BCUT2D eigenvalue weighted by molar-refractivity contribution is 6.12. The molecule has 0 saturated heterocycles. The minimum absolute atomic E-state index is 0.0284. The molecule has 0 radical (unpaired) electrons. The van der Waals surface area contributed by atoms with Gasteiger partial charge in [-0.1, -0.05) is 13.8 Å². The number of rotatable bonds is 4. The van der Waals surface area contributed by atoms with Gasteiger partial charge in [0, 0.05) is 30.4 Å². The van der Waals surface area contributed by atoms with E-state index in [0.717, 1.165) is 36.4 Å². The van der Waals surface area contributed by atoms with Crippen LogP contribution in [-0.2, 0) is 9.59 Å². The Morgan fingerprint density at radius 3 is 2.54 bits per heavy atom. The minimum Gasteiger partial charge on any atom is -0.497 e. The Morgan fingerprint density at radius 1 is 1.25 bits per heavy atom. The summed E-state index contributed by atoms with van der Waals surface area (Å²) >= 11 is 0. The predicted octanol–water partition coefficient (Wildman–Crippen LogP) is 3.75. The summed E-state index contributed by atoms with van der Waals surface area (Å²) in [6.07, 6.45) is 4.93. The first-order valence-corrected chi connectivity index (χ1v) is 8.62. The van der Waals surface area contributed by atoms with Crippen LogP contribution in [-0.4, -0.2) is 25.2 Å². The molecule has 1 unspecified atom stereocenters. The zero-order valence-electron chi connectivity index (χ0n) is 14.7. The van der Waals surface area contributed by atoms with E-state index in [1.807, 2.05) is 30.5 Å². The van der Waals surface area contributed by atoms with Crippen LogP contribution in [0.25, 0.3) is 0 Å². The van der Waals surface area contributed by atoms with Gasteiger partial charge in [-0.25, -0.2) is 0 Å². The van der Waals surface area contributed by atoms with E-state index in [2.05, 4.69) is 18.7 Å². The first-order chi connectivity index (χ1) is 11.4. The van der Waals surface area contributed by atoms with E-state index in [1.54, 1.807) is 7.11 Å². The van der Waals surface area contributed by atoms with Gasteiger partial charge < -0.3 is 9.64 Å². The third-order valence-electron chi connectivity index (χ3n) is 5.28. The van der Waals surface area contributed by atoms with Crippen molar-refractivity contribution in [1.82, 2.24) is 0 Å². The lowest BCUT2D eigenvalue weighted by atomic mass is 9.74. The number of carbonyl (C=O) groups is 2. The van der Waals surface area contributed by atoms with E-state index in [4.69, 9.17) is 4.74 Å². The van der Waals surface area contributed by atoms with E-state index in [1.165, 1.54) is 0 Å². The number of hydrogen-bond acceptors (Lipinski definition) is 4. The number of ketones is 2. The molecule has 1 heterocycles. The zero-order valence-corrected chi connectivity index (χ0v) is 14.7. The predicted molar refractivity (Wildman–Crippen MR) is 94.2 cm³/mol. The highest BCUT2D eigenvalue weighted by Crippen LogP contribution is 2.39. The van der Waals surface area contributed by atoms with Gasteiger partial charge >= 0.3 is 0 Å². The average Bonchev–Trinajstić information content (AvgIpc) is 3.00. The summed E-state index contributed by atoms with van der Waals surface area (Å²) in [5.41, 5.74) is 1.63. The van der Waals surface area contributed by atoms with Crippen LogP contribution in [0.4, 0.5) is 5.69 Å². The molecule has 0 N–H and O–H groups in total. The quantitative estimate of drug-likeness (QED) is 0.790. The van der Waals surface area contributed by atoms with Crippen LogP contribution < -0.4 is 9.64 Å². The molecular weight excluding hydrogens is 302 g/mol. The first kappa shape index (κ1) is 16.7. The summed E-state index contributed by atoms with van der Waals surface area (Å²) in [6, 6.07) is 7.84. The summed E-state index contributed by atoms with van der Waals surface area (Å²) in [4.78, 5) is 27.1. The van der Waals surface area contributed by atoms with Gasteiger partial charge in [0.2, 0.25) is 0 Å². The fraction of sp³-hybridized carbons (Fsp3) is 0.500. The van der Waals surface area contributed by atoms with Gasteiger partial charge in [-0.2, -0.15) is 0 Å². The standard InChI is InChI=1S/C20H25NO3/c1-20(2)11-12-21(14-7-9-15(24-3)10-8-14)13-17(20)19(23)16-5-4-6-18(16)22/h7-10,13,16H,4-6,11-12H2,1-3H3. The summed E-state index contributed by atoms with van der Waals surface area (Å²) in [7, 11) is 1.65. The third-order valence-corrected chi connectivity index (χ3v) is 5.28. The van der Waals surface area contributed by atoms with Crippen LogP contribution in [0.15, 0.2) is 36.0 Å². The lowest BCUT2D eigenvalue weighted by molar-refractivity contribution is -0.129. The van der Waals surface area contributed by atoms with Crippen molar-refractivity contribution in [2.75, 3.05) is 18.6 Å². The van der Waals surface area contributed by atoms with Crippen LogP contribution in [0.1, 0.15) is 39.5 Å². The van der Waals surface area contributed by atoms with Crippen LogP contribution in [0, 0.1) is 11.3 Å². The topological polar surface area (TPSA) is 46.6 Å². The van der Waals surface area contributed by atoms with Gasteiger partial charge in [-0.15, -0.1) is 0 Å². The third kappa shape index (κ3) is 3.10. The van der Waals surface area contributed by atoms with Gasteiger partial charge in [0.1, 0.15) is 11.5 Å². The molecule has 1 saturated carbocycles. The molecule has 0 spiro atoms. The van der Waals surface area contributed by atoms with Gasteiger partial charge in [-0.3, -0.25) is 9.59 Å². The maximum absolute atomic E-state index is 13.0. The number of nitrogens with zero attached hydrogens (tertiary/aromatic N) is 1. The van der Waals surface area contributed by atoms with E-state index in [9.17, 15) is 9.59 Å². The second kappa shape index (κ2) is 6.42. The molecular formula is C20H25NO3. The van der Waals surface area contributed by atoms with Crippen LogP contribution in [0.2, 0.25) is 0 Å². The fourth-order valence-electron chi connectivity index (χ4n) is 3.58. The Hall–Kier alpha value is -2.10. The number of Topliss-reactive ketones (excluding diaryl/α,β-unsaturated/α-hetero) is 2. The molecule has 24 heavy (non-hydrogen) atoms. The number of allylic oxidation sites excluding steroid dienone is 1. The van der Waals surface area contributed by atoms with Crippen molar-refractivity contribution in [3.05, 3.63) is 36.0 Å². The van der Waals surface area contributed by atoms with Gasteiger partial charge in [0.15, 0.2) is 5.78 Å². The maximum Gasteiger partial charge on any atom is 0.171 e. The molecule has 1 atom stereocenters. The number of carbonyl (C=O) groups excluding carboxylic acids is 2. The molecule has 1 aromatic carbocycles. The lowest BCUT2D eigenvalue weighted by Gasteiger charge is -2.37. The van der Waals surface area contributed by atoms with Crippen molar-refractivity contribution in [2.24, 2.45) is 11.3 Å². The van der Waals surface area contributed by atoms with Crippen molar-refractivity contribution in [1.29, 1.82) is 0 Å². The number of anilines is 1. The molecule has 1 aromatic rings. The van der Waals surface area contributed by atoms with Crippen LogP contribution in [0.5, 0.6) is 5.75 Å². The molecule has 0 aromatic heterocycles. The zero-order chi connectivity index (χ0) is 17.3. The molecule has 4 heteroatoms. The van der Waals surface area contributed by atoms with Crippen LogP contribution >= 0.6 is 0 Å². The largest absolute Gasteiger partial charge is 0.497 e. The highest BCUT2D eigenvalue weighted by atomic mass is 16.5. The monoisotopic (exact) mass is 327 g/mol. The molecule has 1 fully saturated rings. The fourth-order valence-corrected chi connectivity index (χ4v) is 3.58. The smallest absolute Gasteiger partial charge is 0.171 e. The highest BCUT2D eigenvalue weighted by Gasteiger charge is 2.40. The summed E-state index contributed by atoms with van der Waals surface area (Å²) in [5.74, 6) is 0.526. The van der Waals surface area contributed by atoms with Crippen molar-refractivity contribution >= 4 is 17.3 Å². The van der Waals surface area contributed by atoms with Crippen molar-refractivity contribution in [3.8, 4) is 5.75 Å². The van der Waals surface area contributed by atoms with Gasteiger partial charge in [0.05, 0.1) is 13.0 Å². The van der Waals surface area contributed by atoms with Crippen molar-refractivity contribution < 1.29 is 14.3 Å².